The molecule has 0 aliphatic carbocycles. The zero-order chi connectivity index (χ0) is 12.0. The van der Waals surface area contributed by atoms with Crippen molar-refractivity contribution in [2.45, 2.75) is 32.3 Å². The summed E-state index contributed by atoms with van der Waals surface area (Å²) in [5, 5.41) is 3.29. The van der Waals surface area contributed by atoms with E-state index in [1.165, 1.54) is 0 Å². The van der Waals surface area contributed by atoms with Gasteiger partial charge in [0.2, 0.25) is 0 Å². The van der Waals surface area contributed by atoms with Gasteiger partial charge >= 0.3 is 5.97 Å². The first-order valence-electron chi connectivity index (χ1n) is 6.05. The third kappa shape index (κ3) is 1.47. The van der Waals surface area contributed by atoms with Crippen molar-refractivity contribution in [1.29, 1.82) is 0 Å². The molecule has 4 nitrogen and oxygen atoms in total. The lowest BCUT2D eigenvalue weighted by atomic mass is 9.87. The van der Waals surface area contributed by atoms with Gasteiger partial charge in [0.15, 0.2) is 5.60 Å². The second kappa shape index (κ2) is 3.53. The molecule has 0 unspecified atom stereocenters. The third-order valence-electron chi connectivity index (χ3n) is 3.82. The number of aromatic nitrogens is 1. The van der Waals surface area contributed by atoms with E-state index in [1.807, 2.05) is 19.9 Å². The lowest BCUT2D eigenvalue weighted by Crippen LogP contribution is -2.40. The van der Waals surface area contributed by atoms with E-state index >= 15 is 0 Å². The molecule has 1 aromatic heterocycles. The van der Waals surface area contributed by atoms with E-state index in [1.54, 1.807) is 0 Å². The van der Waals surface area contributed by atoms with Gasteiger partial charge in [0.05, 0.1) is 11.3 Å². The zero-order valence-corrected chi connectivity index (χ0v) is 10.2. The Bertz CT molecular complexity index is 490. The smallest absolute Gasteiger partial charge is 0.341 e. The van der Waals surface area contributed by atoms with E-state index in [9.17, 15) is 4.79 Å². The Morgan fingerprint density at radius 1 is 1.35 bits per heavy atom. The van der Waals surface area contributed by atoms with Crippen LogP contribution in [0.5, 0.6) is 0 Å². The van der Waals surface area contributed by atoms with E-state index in [0.717, 1.165) is 42.9 Å². The summed E-state index contributed by atoms with van der Waals surface area (Å²) < 4.78 is 5.63. The molecule has 0 aromatic carbocycles. The highest BCUT2D eigenvalue weighted by atomic mass is 16.6. The molecule has 2 aliphatic heterocycles. The molecular weight excluding hydrogens is 216 g/mol. The van der Waals surface area contributed by atoms with E-state index in [4.69, 9.17) is 4.74 Å². The number of nitrogens with zero attached hydrogens (tertiary/aromatic N) is 1. The normalized spacial score (nSPS) is 21.4. The summed E-state index contributed by atoms with van der Waals surface area (Å²) in [5.74, 6) is -0.211. The Morgan fingerprint density at radius 3 is 2.76 bits per heavy atom. The predicted octanol–water partition coefficient (Wildman–Crippen LogP) is 1.45. The van der Waals surface area contributed by atoms with E-state index in [0.29, 0.717) is 5.56 Å². The minimum absolute atomic E-state index is 0.211. The molecule has 17 heavy (non-hydrogen) atoms. The number of hydrogen-bond acceptors (Lipinski definition) is 4. The average Bonchev–Trinajstić information content (AvgIpc) is 2.55. The van der Waals surface area contributed by atoms with Gasteiger partial charge in [-0.1, -0.05) is 0 Å². The monoisotopic (exact) mass is 232 g/mol. The largest absolute Gasteiger partial charge is 0.449 e. The average molecular weight is 232 g/mol. The van der Waals surface area contributed by atoms with Crippen LogP contribution >= 0.6 is 0 Å². The van der Waals surface area contributed by atoms with Crippen molar-refractivity contribution in [2.75, 3.05) is 13.1 Å². The first kappa shape index (κ1) is 10.7. The van der Waals surface area contributed by atoms with Crippen LogP contribution in [-0.4, -0.2) is 24.0 Å². The maximum Gasteiger partial charge on any atom is 0.341 e. The lowest BCUT2D eigenvalue weighted by molar-refractivity contribution is -0.0260. The van der Waals surface area contributed by atoms with Gasteiger partial charge in [0, 0.05) is 18.5 Å². The van der Waals surface area contributed by atoms with Gasteiger partial charge in [0.1, 0.15) is 0 Å². The van der Waals surface area contributed by atoms with Gasteiger partial charge in [-0.25, -0.2) is 4.79 Å². The second-order valence-corrected chi connectivity index (χ2v) is 4.92. The molecule has 3 heterocycles. The summed E-state index contributed by atoms with van der Waals surface area (Å²) in [6, 6.07) is 1.91. The minimum atomic E-state index is -0.462. The van der Waals surface area contributed by atoms with Crippen molar-refractivity contribution in [1.82, 2.24) is 10.3 Å². The maximum atomic E-state index is 11.9. The molecule has 0 amide bonds. The number of hydrogen-bond donors (Lipinski definition) is 1. The number of esters is 1. The van der Waals surface area contributed by atoms with Crippen LogP contribution in [0.15, 0.2) is 6.07 Å². The van der Waals surface area contributed by atoms with Crippen molar-refractivity contribution in [2.24, 2.45) is 0 Å². The molecule has 1 aromatic rings. The second-order valence-electron chi connectivity index (χ2n) is 4.92. The number of rotatable bonds is 0. The predicted molar refractivity (Wildman–Crippen MR) is 62.9 cm³/mol. The quantitative estimate of drug-likeness (QED) is 0.688. The highest BCUT2D eigenvalue weighted by molar-refractivity contribution is 5.94. The Morgan fingerprint density at radius 2 is 2.06 bits per heavy atom. The summed E-state index contributed by atoms with van der Waals surface area (Å²) in [7, 11) is 0. The van der Waals surface area contributed by atoms with Crippen LogP contribution in [0.3, 0.4) is 0 Å². The summed E-state index contributed by atoms with van der Waals surface area (Å²) in [6.45, 7) is 5.71. The van der Waals surface area contributed by atoms with Crippen LogP contribution in [-0.2, 0) is 10.3 Å². The zero-order valence-electron chi connectivity index (χ0n) is 10.2. The van der Waals surface area contributed by atoms with E-state index < -0.39 is 5.60 Å². The van der Waals surface area contributed by atoms with Crippen LogP contribution in [0.2, 0.25) is 0 Å². The van der Waals surface area contributed by atoms with Crippen LogP contribution in [0.25, 0.3) is 0 Å². The topological polar surface area (TPSA) is 51.2 Å². The van der Waals surface area contributed by atoms with Crippen molar-refractivity contribution >= 4 is 5.97 Å². The van der Waals surface area contributed by atoms with Gasteiger partial charge in [-0.15, -0.1) is 0 Å². The van der Waals surface area contributed by atoms with Crippen LogP contribution in [0, 0.1) is 13.8 Å². The molecule has 0 bridgehead atoms. The number of pyridine rings is 1. The fourth-order valence-electron chi connectivity index (χ4n) is 2.66. The van der Waals surface area contributed by atoms with Crippen LogP contribution in [0.4, 0.5) is 0 Å². The molecule has 4 heteroatoms. The Balaban J connectivity index is 2.15. The van der Waals surface area contributed by atoms with Gasteiger partial charge < -0.3 is 10.1 Å². The van der Waals surface area contributed by atoms with Gasteiger partial charge in [-0.05, 0) is 38.6 Å². The van der Waals surface area contributed by atoms with Crippen LogP contribution < -0.4 is 5.32 Å². The number of carbonyl (C=O) groups is 1. The third-order valence-corrected chi connectivity index (χ3v) is 3.82. The fourth-order valence-corrected chi connectivity index (χ4v) is 2.66. The lowest BCUT2D eigenvalue weighted by Gasteiger charge is -2.32. The number of fused-ring (bicyclic) bond motifs is 2. The summed E-state index contributed by atoms with van der Waals surface area (Å²) in [4.78, 5) is 16.5. The fraction of sp³-hybridized carbons (Fsp3) is 0.538. The van der Waals surface area contributed by atoms with E-state index in [2.05, 4.69) is 10.3 Å². The van der Waals surface area contributed by atoms with E-state index in [-0.39, 0.29) is 5.97 Å². The number of aryl methyl sites for hydroxylation is 2. The van der Waals surface area contributed by atoms with Gasteiger partial charge in [-0.2, -0.15) is 0 Å². The van der Waals surface area contributed by atoms with Crippen molar-refractivity contribution in [3.8, 4) is 0 Å². The number of carbonyl (C=O) groups excluding carboxylic acids is 1. The maximum absolute atomic E-state index is 11.9. The number of nitrogens with one attached hydrogen (secondary N) is 1. The molecular formula is C13H16N2O2. The molecule has 0 radical (unpaired) electrons. The first-order valence-corrected chi connectivity index (χ1v) is 6.05. The van der Waals surface area contributed by atoms with Crippen LogP contribution in [0.1, 0.15) is 40.2 Å². The summed E-state index contributed by atoms with van der Waals surface area (Å²) in [5.41, 5.74) is 3.09. The number of piperidine rings is 1. The highest BCUT2D eigenvalue weighted by Crippen LogP contribution is 2.42. The SMILES string of the molecule is Cc1cc2c(nc1C)C1(CCNCC1)OC2=O. The first-order chi connectivity index (χ1) is 8.12. The molecule has 1 fully saturated rings. The van der Waals surface area contributed by atoms with Crippen molar-refractivity contribution in [3.63, 3.8) is 0 Å². The number of ether oxygens (including phenoxy) is 1. The molecule has 1 N–H and O–H groups in total. The van der Waals surface area contributed by atoms with Crippen molar-refractivity contribution in [3.05, 3.63) is 28.6 Å². The standard InChI is InChI=1S/C13H16N2O2/c1-8-7-10-11(15-9(8)2)13(17-12(10)16)3-5-14-6-4-13/h7,14H,3-6H2,1-2H3. The van der Waals surface area contributed by atoms with Crippen molar-refractivity contribution < 1.29 is 9.53 Å². The highest BCUT2D eigenvalue weighted by Gasteiger charge is 2.47. The van der Waals surface area contributed by atoms with Gasteiger partial charge in [0.25, 0.3) is 0 Å². The van der Waals surface area contributed by atoms with Gasteiger partial charge in [-0.3, -0.25) is 4.98 Å². The molecule has 90 valence electrons. The summed E-state index contributed by atoms with van der Waals surface area (Å²) in [6.07, 6.45) is 1.64. The Kier molecular flexibility index (Phi) is 2.23. The molecule has 0 atom stereocenters. The molecule has 0 saturated carbocycles. The molecule has 3 rings (SSSR count). The molecule has 2 aliphatic rings. The Labute approximate surface area is 100 Å². The molecule has 1 saturated heterocycles. The Hall–Kier alpha value is -1.42. The minimum Gasteiger partial charge on any atom is -0.449 e. The molecule has 1 spiro atoms. The summed E-state index contributed by atoms with van der Waals surface area (Å²) >= 11 is 0.